The number of fused-ring (bicyclic) bond motifs is 9. The van der Waals surface area contributed by atoms with Gasteiger partial charge in [-0.15, -0.1) is 11.3 Å². The predicted molar refractivity (Wildman–Crippen MR) is 191 cm³/mol. The molecule has 10 aromatic rings. The highest BCUT2D eigenvalue weighted by molar-refractivity contribution is 7.25. The van der Waals surface area contributed by atoms with Crippen molar-refractivity contribution in [3.63, 3.8) is 0 Å². The molecule has 0 bridgehead atoms. The van der Waals surface area contributed by atoms with Crippen LogP contribution in [0.4, 0.5) is 0 Å². The van der Waals surface area contributed by atoms with Crippen LogP contribution >= 0.6 is 11.3 Å². The van der Waals surface area contributed by atoms with Gasteiger partial charge in [-0.25, -0.2) is 0 Å². The van der Waals surface area contributed by atoms with E-state index in [4.69, 9.17) is 0 Å². The van der Waals surface area contributed by atoms with Gasteiger partial charge in [-0.3, -0.25) is 4.98 Å². The van der Waals surface area contributed by atoms with Crippen molar-refractivity contribution in [1.82, 2.24) is 14.1 Å². The van der Waals surface area contributed by atoms with Gasteiger partial charge in [0.15, 0.2) is 0 Å². The standard InChI is InChI=1S/C41H25N3S/c1-4-16-36-30(13-1)31-14-2-5-17-37(31)43(36)28-11-7-9-26(21-28)27-10-8-12-29(22-27)44-38-23-35-33-15-3-6-18-40(33)45-41(35)24-34(38)32-19-20-42-25-39(32)44/h1-25H. The predicted octanol–water partition coefficient (Wildman–Crippen LogP) is 11.3. The van der Waals surface area contributed by atoms with Crippen LogP contribution in [0.15, 0.2) is 152 Å². The highest BCUT2D eigenvalue weighted by Crippen LogP contribution is 2.41. The second-order valence-corrected chi connectivity index (χ2v) is 12.7. The third-order valence-corrected chi connectivity index (χ3v) is 10.3. The molecular weight excluding hydrogens is 567 g/mol. The van der Waals surface area contributed by atoms with E-state index in [1.807, 2.05) is 23.7 Å². The largest absolute Gasteiger partial charge is 0.309 e. The summed E-state index contributed by atoms with van der Waals surface area (Å²) in [4.78, 5) is 4.55. The summed E-state index contributed by atoms with van der Waals surface area (Å²) in [7, 11) is 0. The number of thiophene rings is 1. The van der Waals surface area contributed by atoms with Gasteiger partial charge in [0.1, 0.15) is 0 Å². The Morgan fingerprint density at radius 1 is 0.400 bits per heavy atom. The first kappa shape index (κ1) is 24.7. The number of benzene rings is 6. The minimum atomic E-state index is 1.12. The van der Waals surface area contributed by atoms with Gasteiger partial charge >= 0.3 is 0 Å². The molecule has 10 rings (SSSR count). The summed E-state index contributed by atoms with van der Waals surface area (Å²) in [5, 5.41) is 7.63. The maximum absolute atomic E-state index is 4.55. The van der Waals surface area contributed by atoms with Gasteiger partial charge in [0.05, 0.1) is 28.3 Å². The van der Waals surface area contributed by atoms with Crippen LogP contribution in [0, 0.1) is 0 Å². The first-order chi connectivity index (χ1) is 22.3. The molecular formula is C41H25N3S. The number of pyridine rings is 1. The van der Waals surface area contributed by atoms with Crippen LogP contribution in [0.2, 0.25) is 0 Å². The van der Waals surface area contributed by atoms with Crippen LogP contribution in [0.5, 0.6) is 0 Å². The Labute approximate surface area is 262 Å². The number of hydrogen-bond donors (Lipinski definition) is 0. The fraction of sp³-hybridized carbons (Fsp3) is 0. The van der Waals surface area contributed by atoms with Crippen LogP contribution in [0.3, 0.4) is 0 Å². The molecule has 0 spiro atoms. The van der Waals surface area contributed by atoms with E-state index < -0.39 is 0 Å². The van der Waals surface area contributed by atoms with Crippen LogP contribution in [0.25, 0.3) is 86.3 Å². The van der Waals surface area contributed by atoms with Gasteiger partial charge in [-0.2, -0.15) is 0 Å². The van der Waals surface area contributed by atoms with E-state index in [1.54, 1.807) is 0 Å². The maximum atomic E-state index is 4.55. The minimum Gasteiger partial charge on any atom is -0.309 e. The Morgan fingerprint density at radius 2 is 1.00 bits per heavy atom. The first-order valence-corrected chi connectivity index (χ1v) is 16.0. The minimum absolute atomic E-state index is 1.12. The molecule has 0 fully saturated rings. The van der Waals surface area contributed by atoms with E-state index >= 15 is 0 Å². The van der Waals surface area contributed by atoms with E-state index in [2.05, 4.69) is 154 Å². The summed E-state index contributed by atoms with van der Waals surface area (Å²) in [5.41, 5.74) is 9.39. The topological polar surface area (TPSA) is 22.8 Å². The molecule has 0 radical (unpaired) electrons. The number of nitrogens with zero attached hydrogens (tertiary/aromatic N) is 3. The molecule has 0 aliphatic heterocycles. The van der Waals surface area contributed by atoms with Crippen molar-refractivity contribution in [3.8, 4) is 22.5 Å². The Bertz CT molecular complexity index is 2720. The molecule has 0 N–H and O–H groups in total. The summed E-state index contributed by atoms with van der Waals surface area (Å²) in [5.74, 6) is 0. The van der Waals surface area contributed by atoms with E-state index in [9.17, 15) is 0 Å². The second-order valence-electron chi connectivity index (χ2n) is 11.7. The zero-order chi connectivity index (χ0) is 29.5. The van der Waals surface area contributed by atoms with E-state index in [0.29, 0.717) is 0 Å². The average molecular weight is 592 g/mol. The van der Waals surface area contributed by atoms with E-state index in [0.717, 1.165) is 16.9 Å². The Balaban J connectivity index is 1.18. The van der Waals surface area contributed by atoms with Crippen molar-refractivity contribution < 1.29 is 0 Å². The summed E-state index contributed by atoms with van der Waals surface area (Å²) in [6.07, 6.45) is 3.90. The molecule has 45 heavy (non-hydrogen) atoms. The smallest absolute Gasteiger partial charge is 0.0724 e. The lowest BCUT2D eigenvalue weighted by atomic mass is 10.0. The average Bonchev–Trinajstić information content (AvgIpc) is 3.75. The third kappa shape index (κ3) is 3.60. The fourth-order valence-corrected chi connectivity index (χ4v) is 8.34. The summed E-state index contributed by atoms with van der Waals surface area (Å²) >= 11 is 1.86. The summed E-state index contributed by atoms with van der Waals surface area (Å²) < 4.78 is 7.40. The van der Waals surface area contributed by atoms with Crippen molar-refractivity contribution in [2.75, 3.05) is 0 Å². The maximum Gasteiger partial charge on any atom is 0.0724 e. The van der Waals surface area contributed by atoms with Gasteiger partial charge in [0.25, 0.3) is 0 Å². The lowest BCUT2D eigenvalue weighted by Gasteiger charge is -2.12. The first-order valence-electron chi connectivity index (χ1n) is 15.2. The normalized spacial score (nSPS) is 12.0. The SMILES string of the molecule is c1cc(-c2cccc(-n3c4cnccc4c4cc5sc6ccccc6c5cc43)c2)cc(-n2c3ccccc3c3ccccc32)c1. The number of para-hydroxylation sites is 2. The highest BCUT2D eigenvalue weighted by Gasteiger charge is 2.17. The molecule has 0 saturated heterocycles. The van der Waals surface area contributed by atoms with Gasteiger partial charge in [0.2, 0.25) is 0 Å². The summed E-state index contributed by atoms with van der Waals surface area (Å²) in [6.45, 7) is 0. The van der Waals surface area contributed by atoms with Crippen molar-refractivity contribution in [2.45, 2.75) is 0 Å². The Morgan fingerprint density at radius 3 is 1.71 bits per heavy atom. The van der Waals surface area contributed by atoms with Crippen LogP contribution in [-0.2, 0) is 0 Å². The molecule has 210 valence electrons. The Kier molecular flexibility index (Phi) is 5.16. The monoisotopic (exact) mass is 591 g/mol. The van der Waals surface area contributed by atoms with Crippen LogP contribution < -0.4 is 0 Å². The van der Waals surface area contributed by atoms with Gasteiger partial charge in [0, 0.05) is 59.3 Å². The number of hydrogen-bond acceptors (Lipinski definition) is 2. The van der Waals surface area contributed by atoms with Crippen molar-refractivity contribution in [2.24, 2.45) is 0 Å². The molecule has 0 aliphatic rings. The molecule has 0 amide bonds. The van der Waals surface area contributed by atoms with Gasteiger partial charge in [-0.05, 0) is 71.8 Å². The second kappa shape index (κ2) is 9.39. The molecule has 4 heteroatoms. The molecule has 0 unspecified atom stereocenters. The molecule has 0 saturated carbocycles. The van der Waals surface area contributed by atoms with Gasteiger partial charge in [-0.1, -0.05) is 78.9 Å². The van der Waals surface area contributed by atoms with Crippen molar-refractivity contribution in [3.05, 3.63) is 152 Å². The molecule has 4 heterocycles. The fourth-order valence-electron chi connectivity index (χ4n) is 7.21. The van der Waals surface area contributed by atoms with Gasteiger partial charge < -0.3 is 9.13 Å². The highest BCUT2D eigenvalue weighted by atomic mass is 32.1. The molecule has 3 nitrogen and oxygen atoms in total. The Hall–Kier alpha value is -5.71. The number of rotatable bonds is 3. The third-order valence-electron chi connectivity index (χ3n) is 9.19. The lowest BCUT2D eigenvalue weighted by Crippen LogP contribution is -1.96. The molecule has 4 aromatic heterocycles. The van der Waals surface area contributed by atoms with Crippen LogP contribution in [-0.4, -0.2) is 14.1 Å². The lowest BCUT2D eigenvalue weighted by molar-refractivity contribution is 1.17. The van der Waals surface area contributed by atoms with E-state index in [1.165, 1.54) is 69.4 Å². The zero-order valence-corrected chi connectivity index (χ0v) is 25.0. The van der Waals surface area contributed by atoms with E-state index in [-0.39, 0.29) is 0 Å². The number of aromatic nitrogens is 3. The molecule has 0 atom stereocenters. The summed E-state index contributed by atoms with van der Waals surface area (Å²) in [6, 6.07) is 50.8. The van der Waals surface area contributed by atoms with Crippen molar-refractivity contribution >= 4 is 75.1 Å². The van der Waals surface area contributed by atoms with Crippen LogP contribution in [0.1, 0.15) is 0 Å². The zero-order valence-electron chi connectivity index (χ0n) is 24.2. The quantitative estimate of drug-likeness (QED) is 0.200. The molecule has 6 aromatic carbocycles. The molecule has 0 aliphatic carbocycles. The van der Waals surface area contributed by atoms with Crippen molar-refractivity contribution in [1.29, 1.82) is 0 Å².